The van der Waals surface area contributed by atoms with Crippen LogP contribution in [0.1, 0.15) is 19.8 Å². The Morgan fingerprint density at radius 3 is 2.37 bits per heavy atom. The first-order valence-corrected chi connectivity index (χ1v) is 9.90. The van der Waals surface area contributed by atoms with Crippen LogP contribution in [0.4, 0.5) is 0 Å². The Bertz CT molecular complexity index is 917. The molecule has 0 aromatic heterocycles. The molecule has 0 amide bonds. The predicted octanol–water partition coefficient (Wildman–Crippen LogP) is 1.41. The molecule has 2 aromatic carbocycles. The van der Waals surface area contributed by atoms with Gasteiger partial charge in [-0.3, -0.25) is 9.59 Å². The molecule has 8 nitrogen and oxygen atoms in total. The normalized spacial score (nSPS) is 17.7. The number of aliphatic carboxylic acids is 2. The van der Waals surface area contributed by atoms with Crippen molar-refractivity contribution < 1.29 is 28.2 Å². The van der Waals surface area contributed by atoms with E-state index >= 15 is 0 Å². The number of rotatable bonds is 5. The highest BCUT2D eigenvalue weighted by Crippen LogP contribution is 2.22. The highest BCUT2D eigenvalue weighted by molar-refractivity contribution is 7.89. The topological polar surface area (TPSA) is 133 Å². The van der Waals surface area contributed by atoms with Crippen LogP contribution in [0.5, 0.6) is 0 Å². The fourth-order valence-electron chi connectivity index (χ4n) is 2.67. The van der Waals surface area contributed by atoms with Crippen LogP contribution in [0.25, 0.3) is 10.8 Å². The molecule has 1 heterocycles. The van der Waals surface area contributed by atoms with Crippen LogP contribution in [0, 0.1) is 0 Å². The molecule has 1 fully saturated rings. The van der Waals surface area contributed by atoms with E-state index in [0.717, 1.165) is 24.8 Å². The molecule has 9 heteroatoms. The molecule has 146 valence electrons. The second-order valence-electron chi connectivity index (χ2n) is 6.15. The van der Waals surface area contributed by atoms with Crippen molar-refractivity contribution in [2.75, 3.05) is 6.54 Å². The van der Waals surface area contributed by atoms with Crippen molar-refractivity contribution in [1.29, 1.82) is 0 Å². The van der Waals surface area contributed by atoms with Gasteiger partial charge >= 0.3 is 11.9 Å². The first-order chi connectivity index (χ1) is 12.7. The van der Waals surface area contributed by atoms with Gasteiger partial charge in [0.25, 0.3) is 0 Å². The molecule has 0 radical (unpaired) electrons. The number of carbonyl (C=O) groups is 2. The van der Waals surface area contributed by atoms with E-state index < -0.39 is 28.0 Å². The second kappa shape index (κ2) is 8.94. The Kier molecular flexibility index (Phi) is 6.89. The maximum absolute atomic E-state index is 12.2. The SMILES string of the molecule is C[C@H](NS(=O)(=O)c1cccc2ccccc12)C(=O)O.O=C(O)[C@@H]1CCCN1. The third-order valence-corrected chi connectivity index (χ3v) is 5.70. The third kappa shape index (κ3) is 5.49. The van der Waals surface area contributed by atoms with E-state index in [2.05, 4.69) is 10.0 Å². The second-order valence-corrected chi connectivity index (χ2v) is 7.83. The zero-order valence-corrected chi connectivity index (χ0v) is 15.6. The Labute approximate surface area is 157 Å². The van der Waals surface area contributed by atoms with Gasteiger partial charge in [-0.25, -0.2) is 8.42 Å². The van der Waals surface area contributed by atoms with E-state index in [4.69, 9.17) is 10.2 Å². The summed E-state index contributed by atoms with van der Waals surface area (Å²) in [7, 11) is -3.86. The molecule has 0 aliphatic carbocycles. The van der Waals surface area contributed by atoms with Crippen molar-refractivity contribution in [3.05, 3.63) is 42.5 Å². The average molecular weight is 394 g/mol. The fraction of sp³-hybridized carbons (Fsp3) is 0.333. The molecule has 0 bridgehead atoms. The van der Waals surface area contributed by atoms with Gasteiger partial charge in [-0.1, -0.05) is 36.4 Å². The maximum Gasteiger partial charge on any atom is 0.321 e. The highest BCUT2D eigenvalue weighted by Gasteiger charge is 2.23. The van der Waals surface area contributed by atoms with Crippen LogP contribution in [0.3, 0.4) is 0 Å². The summed E-state index contributed by atoms with van der Waals surface area (Å²) >= 11 is 0. The number of nitrogens with one attached hydrogen (secondary N) is 2. The minimum Gasteiger partial charge on any atom is -0.480 e. The van der Waals surface area contributed by atoms with Crippen LogP contribution < -0.4 is 10.0 Å². The van der Waals surface area contributed by atoms with Crippen LogP contribution >= 0.6 is 0 Å². The molecule has 2 atom stereocenters. The van der Waals surface area contributed by atoms with Gasteiger partial charge in [0, 0.05) is 5.39 Å². The van der Waals surface area contributed by atoms with Crippen molar-refractivity contribution in [1.82, 2.24) is 10.0 Å². The van der Waals surface area contributed by atoms with Crippen molar-refractivity contribution in [3.63, 3.8) is 0 Å². The van der Waals surface area contributed by atoms with Crippen LogP contribution in [-0.2, 0) is 19.6 Å². The molecular weight excluding hydrogens is 372 g/mol. The fourth-order valence-corrected chi connectivity index (χ4v) is 4.10. The largest absolute Gasteiger partial charge is 0.480 e. The molecule has 0 saturated carbocycles. The third-order valence-electron chi connectivity index (χ3n) is 4.10. The van der Waals surface area contributed by atoms with E-state index in [1.54, 1.807) is 30.3 Å². The quantitative estimate of drug-likeness (QED) is 0.603. The van der Waals surface area contributed by atoms with Gasteiger partial charge in [0.05, 0.1) is 4.90 Å². The van der Waals surface area contributed by atoms with Crippen molar-refractivity contribution >= 4 is 32.7 Å². The van der Waals surface area contributed by atoms with E-state index in [0.29, 0.717) is 5.39 Å². The number of sulfonamides is 1. The van der Waals surface area contributed by atoms with Crippen molar-refractivity contribution in [3.8, 4) is 0 Å². The summed E-state index contributed by atoms with van der Waals surface area (Å²) in [4.78, 5) is 21.0. The summed E-state index contributed by atoms with van der Waals surface area (Å²) < 4.78 is 26.5. The first kappa shape index (κ1) is 20.8. The van der Waals surface area contributed by atoms with E-state index in [1.165, 1.54) is 13.0 Å². The lowest BCUT2D eigenvalue weighted by molar-refractivity contribution is -0.139. The molecule has 1 saturated heterocycles. The van der Waals surface area contributed by atoms with Crippen LogP contribution in [0.15, 0.2) is 47.4 Å². The minimum atomic E-state index is -3.86. The van der Waals surface area contributed by atoms with Gasteiger partial charge in [0.15, 0.2) is 0 Å². The Hall–Kier alpha value is -2.49. The Morgan fingerprint density at radius 1 is 1.15 bits per heavy atom. The number of carboxylic acids is 2. The standard InChI is InChI=1S/C13H13NO4S.C5H9NO2/c1-9(13(15)16)14-19(17,18)12-8-4-6-10-5-2-3-7-11(10)12;7-5(8)4-2-1-3-6-4/h2-9,14H,1H3,(H,15,16);4,6H,1-3H2,(H,7,8)/t9-;4-/m00/s1. The van der Waals surface area contributed by atoms with Crippen LogP contribution in [0.2, 0.25) is 0 Å². The summed E-state index contributed by atoms with van der Waals surface area (Å²) in [5.74, 6) is -1.94. The molecule has 1 aliphatic rings. The lowest BCUT2D eigenvalue weighted by Crippen LogP contribution is -2.38. The summed E-state index contributed by atoms with van der Waals surface area (Å²) in [5, 5.41) is 21.3. The van der Waals surface area contributed by atoms with Gasteiger partial charge in [-0.05, 0) is 37.8 Å². The number of benzene rings is 2. The molecule has 3 rings (SSSR count). The van der Waals surface area contributed by atoms with Gasteiger partial charge in [-0.2, -0.15) is 4.72 Å². The maximum atomic E-state index is 12.2. The molecule has 2 aromatic rings. The van der Waals surface area contributed by atoms with Gasteiger partial charge in [0.1, 0.15) is 12.1 Å². The van der Waals surface area contributed by atoms with Gasteiger partial charge in [0.2, 0.25) is 10.0 Å². The first-order valence-electron chi connectivity index (χ1n) is 8.41. The Morgan fingerprint density at radius 2 is 1.81 bits per heavy atom. The van der Waals surface area contributed by atoms with E-state index in [9.17, 15) is 18.0 Å². The van der Waals surface area contributed by atoms with Gasteiger partial charge < -0.3 is 15.5 Å². The predicted molar refractivity (Wildman–Crippen MR) is 100 cm³/mol. The summed E-state index contributed by atoms with van der Waals surface area (Å²) in [5.41, 5.74) is 0. The summed E-state index contributed by atoms with van der Waals surface area (Å²) in [6, 6.07) is 10.5. The number of carboxylic acid groups (broad SMARTS) is 2. The minimum absolute atomic E-state index is 0.0821. The Balaban J connectivity index is 0.000000273. The smallest absolute Gasteiger partial charge is 0.321 e. The van der Waals surface area contributed by atoms with E-state index in [1.807, 2.05) is 6.07 Å². The lowest BCUT2D eigenvalue weighted by Gasteiger charge is -2.12. The zero-order chi connectivity index (χ0) is 20.0. The highest BCUT2D eigenvalue weighted by atomic mass is 32.2. The van der Waals surface area contributed by atoms with Crippen molar-refractivity contribution in [2.45, 2.75) is 36.7 Å². The van der Waals surface area contributed by atoms with Gasteiger partial charge in [-0.15, -0.1) is 0 Å². The van der Waals surface area contributed by atoms with Crippen molar-refractivity contribution in [2.24, 2.45) is 0 Å². The summed E-state index contributed by atoms with van der Waals surface area (Å²) in [6.45, 7) is 2.14. The van der Waals surface area contributed by atoms with E-state index in [-0.39, 0.29) is 10.9 Å². The number of hydrogen-bond acceptors (Lipinski definition) is 5. The molecular formula is C18H22N2O6S. The molecule has 27 heavy (non-hydrogen) atoms. The monoisotopic (exact) mass is 394 g/mol. The van der Waals surface area contributed by atoms with Crippen LogP contribution in [-0.4, -0.2) is 49.2 Å². The number of hydrogen-bond donors (Lipinski definition) is 4. The molecule has 0 unspecified atom stereocenters. The zero-order valence-electron chi connectivity index (χ0n) is 14.8. The molecule has 1 aliphatic heterocycles. The summed E-state index contributed by atoms with van der Waals surface area (Å²) in [6.07, 6.45) is 1.78. The number of fused-ring (bicyclic) bond motifs is 1. The molecule has 4 N–H and O–H groups in total. The molecule has 0 spiro atoms. The lowest BCUT2D eigenvalue weighted by atomic mass is 10.1. The average Bonchev–Trinajstić information content (AvgIpc) is 3.16.